The molecule has 5 heteroatoms. The summed E-state index contributed by atoms with van der Waals surface area (Å²) < 4.78 is 0. The van der Waals surface area contributed by atoms with Gasteiger partial charge in [-0.1, -0.05) is 30.3 Å². The summed E-state index contributed by atoms with van der Waals surface area (Å²) in [5, 5.41) is 2.95. The number of aromatic nitrogens is 2. The maximum Gasteiger partial charge on any atom is 0.321 e. The predicted molar refractivity (Wildman–Crippen MR) is 95.1 cm³/mol. The molecule has 0 saturated carbocycles. The molecule has 2 heterocycles. The number of amides is 2. The molecule has 0 aliphatic carbocycles. The molecular weight excluding hydrogens is 300 g/mol. The molecule has 0 spiro atoms. The number of likely N-dealkylation sites (tertiary alicyclic amines) is 1. The Morgan fingerprint density at radius 2 is 1.75 bits per heavy atom. The Bertz CT molecular complexity index is 802. The number of carbonyl (C=O) groups is 1. The number of benzene rings is 2. The van der Waals surface area contributed by atoms with E-state index >= 15 is 0 Å². The summed E-state index contributed by atoms with van der Waals surface area (Å²) in [7, 11) is 0. The van der Waals surface area contributed by atoms with Crippen LogP contribution in [0, 0.1) is 0 Å². The van der Waals surface area contributed by atoms with Crippen LogP contribution in [0.5, 0.6) is 0 Å². The van der Waals surface area contributed by atoms with E-state index in [4.69, 9.17) is 4.98 Å². The van der Waals surface area contributed by atoms with Crippen molar-refractivity contribution >= 4 is 22.8 Å². The maximum absolute atomic E-state index is 12.3. The zero-order valence-corrected chi connectivity index (χ0v) is 13.4. The first-order chi connectivity index (χ1) is 11.8. The lowest BCUT2D eigenvalue weighted by molar-refractivity contribution is 0.193. The number of nitrogens with one attached hydrogen (secondary N) is 2. The van der Waals surface area contributed by atoms with Crippen LogP contribution in [0.25, 0.3) is 11.0 Å². The summed E-state index contributed by atoms with van der Waals surface area (Å²) in [5.41, 5.74) is 2.93. The van der Waals surface area contributed by atoms with Crippen molar-refractivity contribution in [3.8, 4) is 0 Å². The molecule has 3 aromatic rings. The van der Waals surface area contributed by atoms with E-state index in [0.717, 1.165) is 48.5 Å². The van der Waals surface area contributed by atoms with Crippen LogP contribution >= 0.6 is 0 Å². The molecule has 5 nitrogen and oxygen atoms in total. The van der Waals surface area contributed by atoms with E-state index in [1.165, 1.54) is 0 Å². The smallest absolute Gasteiger partial charge is 0.321 e. The number of H-pyrrole nitrogens is 1. The van der Waals surface area contributed by atoms with Gasteiger partial charge in [0.1, 0.15) is 5.82 Å². The number of nitrogens with zero attached hydrogens (tertiary/aromatic N) is 2. The number of hydrogen-bond donors (Lipinski definition) is 2. The van der Waals surface area contributed by atoms with Gasteiger partial charge in [-0.25, -0.2) is 9.78 Å². The number of rotatable bonds is 2. The Morgan fingerprint density at radius 1 is 1.04 bits per heavy atom. The SMILES string of the molecule is O=C(Nc1ccccc1)N1CCC(c2nc3ccccc3[nH]2)CC1. The van der Waals surface area contributed by atoms with Crippen molar-refractivity contribution in [1.29, 1.82) is 0 Å². The van der Waals surface area contributed by atoms with E-state index < -0.39 is 0 Å². The van der Waals surface area contributed by atoms with Crippen molar-refractivity contribution in [2.45, 2.75) is 18.8 Å². The summed E-state index contributed by atoms with van der Waals surface area (Å²) in [4.78, 5) is 22.3. The minimum absolute atomic E-state index is 0.0238. The second kappa shape index (κ2) is 6.35. The van der Waals surface area contributed by atoms with Gasteiger partial charge in [-0.15, -0.1) is 0 Å². The van der Waals surface area contributed by atoms with Crippen molar-refractivity contribution in [2.75, 3.05) is 18.4 Å². The third-order valence-electron chi connectivity index (χ3n) is 4.60. The van der Waals surface area contributed by atoms with Crippen LogP contribution in [0.15, 0.2) is 54.6 Å². The van der Waals surface area contributed by atoms with Crippen molar-refractivity contribution < 1.29 is 4.79 Å². The van der Waals surface area contributed by atoms with E-state index in [-0.39, 0.29) is 6.03 Å². The minimum Gasteiger partial charge on any atom is -0.342 e. The van der Waals surface area contributed by atoms with E-state index in [1.807, 2.05) is 59.5 Å². The number of urea groups is 1. The Balaban J connectivity index is 1.38. The van der Waals surface area contributed by atoms with Crippen LogP contribution in [0.1, 0.15) is 24.6 Å². The molecule has 1 aliphatic rings. The molecule has 0 bridgehead atoms. The summed E-state index contributed by atoms with van der Waals surface area (Å²) in [6, 6.07) is 17.7. The second-order valence-electron chi connectivity index (χ2n) is 6.20. The van der Waals surface area contributed by atoms with Gasteiger partial charge < -0.3 is 15.2 Å². The highest BCUT2D eigenvalue weighted by molar-refractivity contribution is 5.89. The molecule has 1 aromatic heterocycles. The molecule has 4 rings (SSSR count). The Hall–Kier alpha value is -2.82. The van der Waals surface area contributed by atoms with E-state index in [2.05, 4.69) is 10.3 Å². The summed E-state index contributed by atoms with van der Waals surface area (Å²) >= 11 is 0. The molecule has 122 valence electrons. The molecule has 1 saturated heterocycles. The molecule has 2 aromatic carbocycles. The number of para-hydroxylation sites is 3. The fraction of sp³-hybridized carbons (Fsp3) is 0.263. The summed E-state index contributed by atoms with van der Waals surface area (Å²) in [5.74, 6) is 1.43. The molecule has 1 fully saturated rings. The van der Waals surface area contributed by atoms with Crippen LogP contribution in [-0.2, 0) is 0 Å². The number of piperidine rings is 1. The van der Waals surface area contributed by atoms with Crippen molar-refractivity contribution in [3.63, 3.8) is 0 Å². The number of carbonyl (C=O) groups excluding carboxylic acids is 1. The highest BCUT2D eigenvalue weighted by Crippen LogP contribution is 2.28. The highest BCUT2D eigenvalue weighted by atomic mass is 16.2. The van der Waals surface area contributed by atoms with Crippen LogP contribution in [0.2, 0.25) is 0 Å². The average molecular weight is 320 g/mol. The van der Waals surface area contributed by atoms with Crippen LogP contribution in [0.3, 0.4) is 0 Å². The Kier molecular flexibility index (Phi) is 3.91. The van der Waals surface area contributed by atoms with Crippen LogP contribution < -0.4 is 5.32 Å². The highest BCUT2D eigenvalue weighted by Gasteiger charge is 2.25. The second-order valence-corrected chi connectivity index (χ2v) is 6.20. The molecule has 2 N–H and O–H groups in total. The van der Waals surface area contributed by atoms with Gasteiger partial charge in [0.25, 0.3) is 0 Å². The normalized spacial score (nSPS) is 15.6. The molecule has 24 heavy (non-hydrogen) atoms. The zero-order valence-electron chi connectivity index (χ0n) is 13.4. The number of imidazole rings is 1. The van der Waals surface area contributed by atoms with Gasteiger partial charge in [0, 0.05) is 24.7 Å². The third-order valence-corrected chi connectivity index (χ3v) is 4.60. The Morgan fingerprint density at radius 3 is 2.50 bits per heavy atom. The van der Waals surface area contributed by atoms with Gasteiger partial charge in [0.05, 0.1) is 11.0 Å². The summed E-state index contributed by atoms with van der Waals surface area (Å²) in [6.45, 7) is 1.50. The van der Waals surface area contributed by atoms with Gasteiger partial charge in [0.2, 0.25) is 0 Å². The van der Waals surface area contributed by atoms with Gasteiger partial charge >= 0.3 is 6.03 Å². The minimum atomic E-state index is -0.0238. The van der Waals surface area contributed by atoms with Gasteiger partial charge in [0.15, 0.2) is 0 Å². The number of aromatic amines is 1. The van der Waals surface area contributed by atoms with E-state index in [1.54, 1.807) is 0 Å². The third kappa shape index (κ3) is 2.97. The van der Waals surface area contributed by atoms with Crippen LogP contribution in [0.4, 0.5) is 10.5 Å². The van der Waals surface area contributed by atoms with Crippen molar-refractivity contribution in [2.24, 2.45) is 0 Å². The first-order valence-electron chi connectivity index (χ1n) is 8.35. The predicted octanol–water partition coefficient (Wildman–Crippen LogP) is 3.97. The van der Waals surface area contributed by atoms with Gasteiger partial charge in [-0.05, 0) is 37.1 Å². The number of fused-ring (bicyclic) bond motifs is 1. The molecular formula is C19H20N4O. The lowest BCUT2D eigenvalue weighted by atomic mass is 9.96. The summed E-state index contributed by atoms with van der Waals surface area (Å²) in [6.07, 6.45) is 1.87. The lowest BCUT2D eigenvalue weighted by Gasteiger charge is -2.31. The maximum atomic E-state index is 12.3. The fourth-order valence-corrected chi connectivity index (χ4v) is 3.25. The molecule has 2 amide bonds. The first kappa shape index (κ1) is 14.8. The van der Waals surface area contributed by atoms with E-state index in [9.17, 15) is 4.79 Å². The average Bonchev–Trinajstić information content (AvgIpc) is 3.07. The quantitative estimate of drug-likeness (QED) is 0.750. The van der Waals surface area contributed by atoms with Gasteiger partial charge in [-0.2, -0.15) is 0 Å². The zero-order chi connectivity index (χ0) is 16.4. The van der Waals surface area contributed by atoms with Gasteiger partial charge in [-0.3, -0.25) is 0 Å². The number of hydrogen-bond acceptors (Lipinski definition) is 2. The first-order valence-corrected chi connectivity index (χ1v) is 8.35. The largest absolute Gasteiger partial charge is 0.342 e. The standard InChI is InChI=1S/C19H20N4O/c24-19(20-15-6-2-1-3-7-15)23-12-10-14(11-13-23)18-21-16-8-4-5-9-17(16)22-18/h1-9,14H,10-13H2,(H,20,24)(H,21,22). The molecule has 1 aliphatic heterocycles. The fourth-order valence-electron chi connectivity index (χ4n) is 3.25. The van der Waals surface area contributed by atoms with Crippen molar-refractivity contribution in [3.05, 3.63) is 60.4 Å². The Labute approximate surface area is 140 Å². The molecule has 0 radical (unpaired) electrons. The van der Waals surface area contributed by atoms with Crippen LogP contribution in [-0.4, -0.2) is 34.0 Å². The molecule has 0 atom stereocenters. The lowest BCUT2D eigenvalue weighted by Crippen LogP contribution is -2.40. The monoisotopic (exact) mass is 320 g/mol. The molecule has 0 unspecified atom stereocenters. The topological polar surface area (TPSA) is 61.0 Å². The van der Waals surface area contributed by atoms with Crippen molar-refractivity contribution in [1.82, 2.24) is 14.9 Å². The number of anilines is 1. The van der Waals surface area contributed by atoms with E-state index in [0.29, 0.717) is 5.92 Å².